The third-order valence-corrected chi connectivity index (χ3v) is 1.06. The van der Waals surface area contributed by atoms with Crippen LogP contribution in [0.25, 0.3) is 0 Å². The highest BCUT2D eigenvalue weighted by Crippen LogP contribution is 1.78. The molecule has 0 aliphatic heterocycles. The van der Waals surface area contributed by atoms with Gasteiger partial charge in [0.1, 0.15) is 0 Å². The third-order valence-electron chi connectivity index (χ3n) is 1.06. The monoisotopic (exact) mass is 163 g/mol. The minimum Gasteiger partial charge on any atom is -0.396 e. The first kappa shape index (κ1) is 13.5. The van der Waals surface area contributed by atoms with Gasteiger partial charge in [0.25, 0.3) is 0 Å². The van der Waals surface area contributed by atoms with E-state index in [2.05, 4.69) is 6.92 Å². The van der Waals surface area contributed by atoms with E-state index in [-0.39, 0.29) is 0 Å². The topological polar surface area (TPSA) is 55.5 Å². The molecule has 3 N–H and O–H groups in total. The quantitative estimate of drug-likeness (QED) is 0.588. The molecule has 0 saturated heterocycles. The molecule has 0 atom stereocenters. The zero-order valence-corrected chi connectivity index (χ0v) is 7.68. The molecular weight excluding hydrogens is 142 g/mol. The zero-order chi connectivity index (χ0) is 8.95. The maximum atomic E-state index is 8.07. The van der Waals surface area contributed by atoms with Gasteiger partial charge in [-0.15, -0.1) is 0 Å². The summed E-state index contributed by atoms with van der Waals surface area (Å²) in [4.78, 5) is 0. The minimum atomic E-state index is 0.344. The van der Waals surface area contributed by atoms with Crippen molar-refractivity contribution in [3.8, 4) is 0 Å². The minimum absolute atomic E-state index is 0.344. The second kappa shape index (κ2) is 16.5. The predicted molar refractivity (Wildman–Crippen MR) is 47.5 cm³/mol. The maximum absolute atomic E-state index is 8.07. The van der Waals surface area contributed by atoms with E-state index in [4.69, 9.17) is 15.6 Å². The summed E-state index contributed by atoms with van der Waals surface area (Å²) in [5, 5.41) is 8.07. The number of hydrogen-bond donors (Lipinski definition) is 2. The summed E-state index contributed by atoms with van der Waals surface area (Å²) in [5.74, 6) is 0. The Hall–Kier alpha value is -0.120. The molecule has 11 heavy (non-hydrogen) atoms. The number of methoxy groups -OCH3 is 1. The zero-order valence-electron chi connectivity index (χ0n) is 7.68. The molecule has 0 radical (unpaired) electrons. The Labute approximate surface area is 69.5 Å². The molecule has 0 aliphatic carbocycles. The van der Waals surface area contributed by atoms with Crippen LogP contribution >= 0.6 is 0 Å². The lowest BCUT2D eigenvalue weighted by molar-refractivity contribution is 0.197. The molecular formula is C8H21NO2. The maximum Gasteiger partial charge on any atom is 0.0474 e. The van der Waals surface area contributed by atoms with Gasteiger partial charge in [0, 0.05) is 20.3 Å². The summed E-state index contributed by atoms with van der Waals surface area (Å²) in [7, 11) is 1.68. The van der Waals surface area contributed by atoms with Gasteiger partial charge < -0.3 is 15.6 Å². The van der Waals surface area contributed by atoms with Crippen LogP contribution in [0.4, 0.5) is 0 Å². The molecule has 70 valence electrons. The van der Waals surface area contributed by atoms with Crippen LogP contribution in [0.2, 0.25) is 0 Å². The number of rotatable bonds is 5. The number of aliphatic hydroxyl groups excluding tert-OH is 1. The molecule has 0 aliphatic rings. The number of nitrogens with two attached hydrogens (primary N) is 1. The van der Waals surface area contributed by atoms with Crippen molar-refractivity contribution in [1.29, 1.82) is 0 Å². The van der Waals surface area contributed by atoms with Gasteiger partial charge in [-0.2, -0.15) is 0 Å². The predicted octanol–water partition coefficient (Wildman–Crippen LogP) is 0.760. The molecule has 0 unspecified atom stereocenters. The van der Waals surface area contributed by atoms with Gasteiger partial charge in [-0.1, -0.05) is 13.3 Å². The highest BCUT2D eigenvalue weighted by molar-refractivity contribution is 4.31. The van der Waals surface area contributed by atoms with Gasteiger partial charge >= 0.3 is 0 Å². The SMILES string of the molecule is CCCCO.COCCCN. The molecule has 0 aromatic heterocycles. The van der Waals surface area contributed by atoms with Crippen LogP contribution in [0.15, 0.2) is 0 Å². The summed E-state index contributed by atoms with van der Waals surface area (Å²) in [6.07, 6.45) is 3.01. The van der Waals surface area contributed by atoms with Gasteiger partial charge in [0.15, 0.2) is 0 Å². The summed E-state index contributed by atoms with van der Waals surface area (Å²) in [6.45, 7) is 3.91. The van der Waals surface area contributed by atoms with Crippen LogP contribution in [0.3, 0.4) is 0 Å². The van der Waals surface area contributed by atoms with E-state index in [1.807, 2.05) is 0 Å². The lowest BCUT2D eigenvalue weighted by Crippen LogP contribution is -2.01. The Morgan fingerprint density at radius 3 is 2.09 bits per heavy atom. The average molecular weight is 163 g/mol. The smallest absolute Gasteiger partial charge is 0.0474 e. The first-order valence-electron chi connectivity index (χ1n) is 4.13. The number of aliphatic hydroxyl groups is 1. The molecule has 0 saturated carbocycles. The van der Waals surface area contributed by atoms with E-state index in [9.17, 15) is 0 Å². The fourth-order valence-electron chi connectivity index (χ4n) is 0.386. The molecule has 3 nitrogen and oxygen atoms in total. The Balaban J connectivity index is 0. The van der Waals surface area contributed by atoms with Gasteiger partial charge in [0.05, 0.1) is 0 Å². The third kappa shape index (κ3) is 25.8. The normalized spacial score (nSPS) is 8.73. The molecule has 0 bridgehead atoms. The van der Waals surface area contributed by atoms with Gasteiger partial charge in [-0.25, -0.2) is 0 Å². The fraction of sp³-hybridized carbons (Fsp3) is 1.00. The van der Waals surface area contributed by atoms with Gasteiger partial charge in [-0.05, 0) is 19.4 Å². The highest BCUT2D eigenvalue weighted by atomic mass is 16.5. The molecule has 0 aromatic rings. The van der Waals surface area contributed by atoms with Gasteiger partial charge in [0.2, 0.25) is 0 Å². The lowest BCUT2D eigenvalue weighted by atomic mass is 10.4. The molecule has 0 heterocycles. The van der Waals surface area contributed by atoms with E-state index in [0.29, 0.717) is 6.61 Å². The van der Waals surface area contributed by atoms with Crippen LogP contribution in [0.1, 0.15) is 26.2 Å². The summed E-state index contributed by atoms with van der Waals surface area (Å²) in [6, 6.07) is 0. The Morgan fingerprint density at radius 1 is 1.36 bits per heavy atom. The van der Waals surface area contributed by atoms with Crippen LogP contribution in [-0.2, 0) is 4.74 Å². The average Bonchev–Trinajstić information content (AvgIpc) is 2.04. The van der Waals surface area contributed by atoms with Crippen molar-refractivity contribution < 1.29 is 9.84 Å². The summed E-state index contributed by atoms with van der Waals surface area (Å²) in [5.41, 5.74) is 5.13. The van der Waals surface area contributed by atoms with E-state index >= 15 is 0 Å². The second-order valence-electron chi connectivity index (χ2n) is 2.21. The first-order chi connectivity index (χ1) is 5.33. The number of ether oxygens (including phenoxy) is 1. The highest BCUT2D eigenvalue weighted by Gasteiger charge is 1.74. The lowest BCUT2D eigenvalue weighted by Gasteiger charge is -1.89. The van der Waals surface area contributed by atoms with Crippen LogP contribution < -0.4 is 5.73 Å². The summed E-state index contributed by atoms with van der Waals surface area (Å²) >= 11 is 0. The Kier molecular flexibility index (Phi) is 20.2. The van der Waals surface area contributed by atoms with Crippen molar-refractivity contribution >= 4 is 0 Å². The molecule has 0 amide bonds. The van der Waals surface area contributed by atoms with Crippen molar-refractivity contribution in [2.24, 2.45) is 5.73 Å². The van der Waals surface area contributed by atoms with Crippen molar-refractivity contribution in [3.05, 3.63) is 0 Å². The van der Waals surface area contributed by atoms with Crippen LogP contribution in [-0.4, -0.2) is 32.0 Å². The Morgan fingerprint density at radius 2 is 2.00 bits per heavy atom. The molecule has 0 aromatic carbocycles. The first-order valence-corrected chi connectivity index (χ1v) is 4.13. The van der Waals surface area contributed by atoms with E-state index in [1.54, 1.807) is 7.11 Å². The van der Waals surface area contributed by atoms with E-state index in [1.165, 1.54) is 0 Å². The second-order valence-corrected chi connectivity index (χ2v) is 2.21. The van der Waals surface area contributed by atoms with Crippen molar-refractivity contribution in [1.82, 2.24) is 0 Å². The molecule has 0 spiro atoms. The van der Waals surface area contributed by atoms with Crippen LogP contribution in [0, 0.1) is 0 Å². The Bertz CT molecular complexity index is 45.4. The van der Waals surface area contributed by atoms with Gasteiger partial charge in [-0.3, -0.25) is 0 Å². The van der Waals surface area contributed by atoms with Crippen LogP contribution in [0.5, 0.6) is 0 Å². The largest absolute Gasteiger partial charge is 0.396 e. The fourth-order valence-corrected chi connectivity index (χ4v) is 0.386. The van der Waals surface area contributed by atoms with E-state index in [0.717, 1.165) is 32.4 Å². The molecule has 0 rings (SSSR count). The van der Waals surface area contributed by atoms with E-state index < -0.39 is 0 Å². The standard InChI is InChI=1S/C4H11NO.C4H10O/c1-6-4-2-3-5;1-2-3-4-5/h2-5H2,1H3;5H,2-4H2,1H3. The number of hydrogen-bond acceptors (Lipinski definition) is 3. The number of unbranched alkanes of at least 4 members (excludes halogenated alkanes) is 1. The van der Waals surface area contributed by atoms with Crippen molar-refractivity contribution in [3.63, 3.8) is 0 Å². The summed E-state index contributed by atoms with van der Waals surface area (Å²) < 4.78 is 4.70. The molecule has 3 heteroatoms. The van der Waals surface area contributed by atoms with Crippen molar-refractivity contribution in [2.45, 2.75) is 26.2 Å². The van der Waals surface area contributed by atoms with Crippen molar-refractivity contribution in [2.75, 3.05) is 26.9 Å². The molecule has 0 fully saturated rings.